The van der Waals surface area contributed by atoms with Crippen molar-refractivity contribution >= 4 is 5.91 Å². The third-order valence-electron chi connectivity index (χ3n) is 1.73. The van der Waals surface area contributed by atoms with Crippen molar-refractivity contribution in [2.75, 3.05) is 6.54 Å². The van der Waals surface area contributed by atoms with E-state index in [2.05, 4.69) is 12.2 Å². The Bertz CT molecular complexity index is 280. The Labute approximate surface area is 77.7 Å². The van der Waals surface area contributed by atoms with Gasteiger partial charge in [0, 0.05) is 18.9 Å². The van der Waals surface area contributed by atoms with E-state index < -0.39 is 0 Å². The topological polar surface area (TPSA) is 60.1 Å². The maximum atomic E-state index is 10.6. The average Bonchev–Trinajstić information content (AvgIpc) is 2.48. The van der Waals surface area contributed by atoms with Crippen LogP contribution in [0.3, 0.4) is 0 Å². The van der Waals surface area contributed by atoms with Gasteiger partial charge in [-0.3, -0.25) is 4.79 Å². The zero-order chi connectivity index (χ0) is 9.68. The lowest BCUT2D eigenvalue weighted by Crippen LogP contribution is -2.17. The van der Waals surface area contributed by atoms with Crippen LogP contribution in [-0.4, -0.2) is 17.0 Å². The number of nitrogens with two attached hydrogens (primary N) is 1. The SMILES string of the molecule is CCNCc1ccn(CC(N)=O)c1. The highest BCUT2D eigenvalue weighted by Crippen LogP contribution is 2.00. The molecule has 4 heteroatoms. The molecule has 72 valence electrons. The molecule has 0 saturated carbocycles. The van der Waals surface area contributed by atoms with E-state index in [4.69, 9.17) is 5.73 Å². The van der Waals surface area contributed by atoms with Gasteiger partial charge >= 0.3 is 0 Å². The number of amides is 1. The molecule has 0 fully saturated rings. The molecule has 0 unspecified atom stereocenters. The highest BCUT2D eigenvalue weighted by molar-refractivity contribution is 5.73. The minimum atomic E-state index is -0.314. The quantitative estimate of drug-likeness (QED) is 0.676. The van der Waals surface area contributed by atoms with E-state index in [1.807, 2.05) is 18.5 Å². The van der Waals surface area contributed by atoms with Crippen molar-refractivity contribution in [2.24, 2.45) is 5.73 Å². The standard InChI is InChI=1S/C9H15N3O/c1-2-11-5-8-3-4-12(6-8)7-9(10)13/h3-4,6,11H,2,5,7H2,1H3,(H2,10,13). The first-order chi connectivity index (χ1) is 6.22. The lowest BCUT2D eigenvalue weighted by molar-refractivity contribution is -0.118. The van der Waals surface area contributed by atoms with Crippen LogP contribution in [0.25, 0.3) is 0 Å². The van der Waals surface area contributed by atoms with Crippen LogP contribution in [0.5, 0.6) is 0 Å². The highest BCUT2D eigenvalue weighted by Gasteiger charge is 1.98. The summed E-state index contributed by atoms with van der Waals surface area (Å²) < 4.78 is 1.79. The Balaban J connectivity index is 2.48. The maximum Gasteiger partial charge on any atom is 0.237 e. The second kappa shape index (κ2) is 4.67. The van der Waals surface area contributed by atoms with Gasteiger partial charge in [0.2, 0.25) is 5.91 Å². The lowest BCUT2D eigenvalue weighted by atomic mass is 10.3. The summed E-state index contributed by atoms with van der Waals surface area (Å²) in [6.45, 7) is 4.09. The Hall–Kier alpha value is -1.29. The maximum absolute atomic E-state index is 10.6. The number of primary amides is 1. The smallest absolute Gasteiger partial charge is 0.237 e. The molecule has 0 radical (unpaired) electrons. The Morgan fingerprint density at radius 1 is 1.69 bits per heavy atom. The number of carbonyl (C=O) groups is 1. The van der Waals surface area contributed by atoms with Gasteiger partial charge in [0.05, 0.1) is 0 Å². The number of aromatic nitrogens is 1. The predicted molar refractivity (Wildman–Crippen MR) is 51.0 cm³/mol. The van der Waals surface area contributed by atoms with Gasteiger partial charge in [-0.25, -0.2) is 0 Å². The number of nitrogens with zero attached hydrogens (tertiary/aromatic N) is 1. The van der Waals surface area contributed by atoms with Crippen molar-refractivity contribution in [3.05, 3.63) is 24.0 Å². The fraction of sp³-hybridized carbons (Fsp3) is 0.444. The molecule has 3 N–H and O–H groups in total. The first-order valence-electron chi connectivity index (χ1n) is 4.36. The number of nitrogens with one attached hydrogen (secondary N) is 1. The summed E-state index contributed by atoms with van der Waals surface area (Å²) in [6.07, 6.45) is 3.78. The molecule has 0 aromatic carbocycles. The molecule has 1 heterocycles. The molecule has 1 amide bonds. The second-order valence-corrected chi connectivity index (χ2v) is 2.94. The Kier molecular flexibility index (Phi) is 3.52. The monoisotopic (exact) mass is 181 g/mol. The third kappa shape index (κ3) is 3.29. The summed E-state index contributed by atoms with van der Waals surface area (Å²) in [5.74, 6) is -0.314. The normalized spacial score (nSPS) is 10.2. The molecule has 0 aliphatic heterocycles. The molecule has 0 spiro atoms. The lowest BCUT2D eigenvalue weighted by Gasteiger charge is -1.98. The van der Waals surface area contributed by atoms with Crippen molar-refractivity contribution < 1.29 is 4.79 Å². The van der Waals surface area contributed by atoms with E-state index in [-0.39, 0.29) is 12.5 Å². The highest BCUT2D eigenvalue weighted by atomic mass is 16.1. The second-order valence-electron chi connectivity index (χ2n) is 2.94. The summed E-state index contributed by atoms with van der Waals surface area (Å²) in [5, 5.41) is 3.20. The summed E-state index contributed by atoms with van der Waals surface area (Å²) >= 11 is 0. The Morgan fingerprint density at radius 2 is 2.46 bits per heavy atom. The van der Waals surface area contributed by atoms with Crippen molar-refractivity contribution in [1.82, 2.24) is 9.88 Å². The van der Waals surface area contributed by atoms with Gasteiger partial charge in [-0.05, 0) is 18.2 Å². The Morgan fingerprint density at radius 3 is 3.08 bits per heavy atom. The zero-order valence-electron chi connectivity index (χ0n) is 7.79. The number of hydrogen-bond donors (Lipinski definition) is 2. The van der Waals surface area contributed by atoms with E-state index in [1.165, 1.54) is 5.56 Å². The van der Waals surface area contributed by atoms with Crippen LogP contribution in [0.2, 0.25) is 0 Å². The molecule has 0 aliphatic rings. The molecule has 0 atom stereocenters. The van der Waals surface area contributed by atoms with E-state index >= 15 is 0 Å². The molecule has 13 heavy (non-hydrogen) atoms. The molecule has 0 aliphatic carbocycles. The van der Waals surface area contributed by atoms with E-state index in [0.29, 0.717) is 0 Å². The van der Waals surface area contributed by atoms with Gasteiger partial charge in [-0.1, -0.05) is 6.92 Å². The summed E-state index contributed by atoms with van der Waals surface area (Å²) in [5.41, 5.74) is 6.23. The molecule has 0 bridgehead atoms. The van der Waals surface area contributed by atoms with Crippen LogP contribution < -0.4 is 11.1 Å². The first-order valence-corrected chi connectivity index (χ1v) is 4.36. The molecular formula is C9H15N3O. The van der Waals surface area contributed by atoms with Crippen molar-refractivity contribution in [3.8, 4) is 0 Å². The van der Waals surface area contributed by atoms with Crippen LogP contribution in [0.15, 0.2) is 18.5 Å². The number of rotatable bonds is 5. The van der Waals surface area contributed by atoms with Crippen molar-refractivity contribution in [3.63, 3.8) is 0 Å². The van der Waals surface area contributed by atoms with Crippen molar-refractivity contribution in [1.29, 1.82) is 0 Å². The molecule has 0 saturated heterocycles. The van der Waals surface area contributed by atoms with Gasteiger partial charge in [0.1, 0.15) is 6.54 Å². The van der Waals surface area contributed by atoms with Crippen LogP contribution in [0.1, 0.15) is 12.5 Å². The van der Waals surface area contributed by atoms with E-state index in [0.717, 1.165) is 13.1 Å². The minimum absolute atomic E-state index is 0.256. The first kappa shape index (κ1) is 9.80. The van der Waals surface area contributed by atoms with Gasteiger partial charge in [-0.15, -0.1) is 0 Å². The van der Waals surface area contributed by atoms with Gasteiger partial charge in [0.15, 0.2) is 0 Å². The predicted octanol–water partition coefficient (Wildman–Crippen LogP) is 0.0829. The minimum Gasteiger partial charge on any atom is -0.368 e. The zero-order valence-corrected chi connectivity index (χ0v) is 7.79. The number of hydrogen-bond acceptors (Lipinski definition) is 2. The average molecular weight is 181 g/mol. The summed E-state index contributed by atoms with van der Waals surface area (Å²) in [7, 11) is 0. The van der Waals surface area contributed by atoms with Gasteiger partial charge < -0.3 is 15.6 Å². The fourth-order valence-electron chi connectivity index (χ4n) is 1.14. The fourth-order valence-corrected chi connectivity index (χ4v) is 1.14. The van der Waals surface area contributed by atoms with Crippen LogP contribution >= 0.6 is 0 Å². The molecule has 1 rings (SSSR count). The molecule has 1 aromatic rings. The molecular weight excluding hydrogens is 166 g/mol. The number of carbonyl (C=O) groups excluding carboxylic acids is 1. The van der Waals surface area contributed by atoms with E-state index in [9.17, 15) is 4.79 Å². The third-order valence-corrected chi connectivity index (χ3v) is 1.73. The summed E-state index contributed by atoms with van der Waals surface area (Å²) in [6, 6.07) is 1.98. The summed E-state index contributed by atoms with van der Waals surface area (Å²) in [4.78, 5) is 10.6. The molecule has 4 nitrogen and oxygen atoms in total. The largest absolute Gasteiger partial charge is 0.368 e. The van der Waals surface area contributed by atoms with Crippen LogP contribution in [-0.2, 0) is 17.9 Å². The van der Waals surface area contributed by atoms with Crippen molar-refractivity contribution in [2.45, 2.75) is 20.0 Å². The van der Waals surface area contributed by atoms with Crippen LogP contribution in [0, 0.1) is 0 Å². The van der Waals surface area contributed by atoms with Gasteiger partial charge in [-0.2, -0.15) is 0 Å². The molecule has 1 aromatic heterocycles. The van der Waals surface area contributed by atoms with E-state index in [1.54, 1.807) is 4.57 Å². The van der Waals surface area contributed by atoms with Crippen LogP contribution in [0.4, 0.5) is 0 Å². The van der Waals surface area contributed by atoms with Gasteiger partial charge in [0.25, 0.3) is 0 Å².